The van der Waals surface area contributed by atoms with E-state index in [1.54, 1.807) is 7.11 Å². The minimum Gasteiger partial charge on any atom is -0.481 e. The van der Waals surface area contributed by atoms with Gasteiger partial charge < -0.3 is 29.4 Å². The van der Waals surface area contributed by atoms with E-state index in [0.29, 0.717) is 38.9 Å². The van der Waals surface area contributed by atoms with Gasteiger partial charge in [0.1, 0.15) is 12.1 Å². The highest BCUT2D eigenvalue weighted by Gasteiger charge is 2.32. The zero-order chi connectivity index (χ0) is 26.2. The molecule has 1 atom stereocenters. The summed E-state index contributed by atoms with van der Waals surface area (Å²) in [6, 6.07) is 0. The van der Waals surface area contributed by atoms with Crippen molar-refractivity contribution >= 4 is 23.9 Å². The predicted octanol–water partition coefficient (Wildman–Crippen LogP) is 3.85. The van der Waals surface area contributed by atoms with Crippen LogP contribution in [0, 0.1) is 0 Å². The third-order valence-corrected chi connectivity index (χ3v) is 5.77. The van der Waals surface area contributed by atoms with E-state index in [2.05, 4.69) is 5.32 Å². The number of rotatable bonds is 26. The number of carbonyl (C=O) groups is 4. The summed E-state index contributed by atoms with van der Waals surface area (Å²) in [5.74, 6) is -0.658. The Kier molecular flexibility index (Phi) is 21.4. The zero-order valence-electron chi connectivity index (χ0n) is 21.8. The molecule has 1 amide bonds. The van der Waals surface area contributed by atoms with Gasteiger partial charge in [-0.15, -0.1) is 0 Å². The van der Waals surface area contributed by atoms with Gasteiger partial charge in [-0.25, -0.2) is 0 Å². The van der Waals surface area contributed by atoms with Crippen molar-refractivity contribution in [3.8, 4) is 0 Å². The normalized spacial score (nSPS) is 12.7. The van der Waals surface area contributed by atoms with E-state index in [4.69, 9.17) is 19.3 Å². The van der Waals surface area contributed by atoms with Crippen molar-refractivity contribution in [3.63, 3.8) is 0 Å². The Balaban J connectivity index is 4.42. The van der Waals surface area contributed by atoms with Gasteiger partial charge in [-0.1, -0.05) is 45.4 Å². The summed E-state index contributed by atoms with van der Waals surface area (Å²) in [5, 5.41) is 11.7. The average molecular weight is 502 g/mol. The smallest absolute Gasteiger partial charge is 0.303 e. The molecular weight excluding hydrogens is 454 g/mol. The number of carboxylic acid groups (broad SMARTS) is 1. The van der Waals surface area contributed by atoms with E-state index in [1.165, 1.54) is 0 Å². The summed E-state index contributed by atoms with van der Waals surface area (Å²) >= 11 is 0. The molecule has 0 heterocycles. The Bertz CT molecular complexity index is 584. The number of aliphatic carboxylic acids is 1. The number of ether oxygens (including phenoxy) is 3. The Morgan fingerprint density at radius 2 is 1.46 bits per heavy atom. The first-order valence-corrected chi connectivity index (χ1v) is 13.0. The number of carbonyl (C=O) groups excluding carboxylic acids is 3. The minimum absolute atomic E-state index is 0.0733. The summed E-state index contributed by atoms with van der Waals surface area (Å²) in [7, 11) is 1.56. The van der Waals surface area contributed by atoms with Crippen LogP contribution in [0.2, 0.25) is 0 Å². The molecule has 0 radical (unpaired) electrons. The number of ketones is 1. The van der Waals surface area contributed by atoms with Crippen LogP contribution in [0.4, 0.5) is 0 Å². The van der Waals surface area contributed by atoms with Gasteiger partial charge in [0.25, 0.3) is 0 Å². The Hall–Kier alpha value is -1.84. The van der Waals surface area contributed by atoms with Crippen LogP contribution in [-0.4, -0.2) is 74.7 Å². The fourth-order valence-corrected chi connectivity index (χ4v) is 3.71. The number of nitrogens with one attached hydrogen (secondary N) is 1. The number of Topliss-reactive ketones (excluding diaryl/α,β-unsaturated/α-hetero) is 1. The Morgan fingerprint density at radius 1 is 0.829 bits per heavy atom. The largest absolute Gasteiger partial charge is 0.481 e. The molecule has 2 N–H and O–H groups in total. The van der Waals surface area contributed by atoms with Gasteiger partial charge in [-0.2, -0.15) is 0 Å². The van der Waals surface area contributed by atoms with E-state index in [-0.39, 0.29) is 44.4 Å². The van der Waals surface area contributed by atoms with Crippen molar-refractivity contribution in [1.29, 1.82) is 0 Å². The van der Waals surface area contributed by atoms with E-state index >= 15 is 0 Å². The molecule has 0 fully saturated rings. The first-order chi connectivity index (χ1) is 16.9. The van der Waals surface area contributed by atoms with Crippen LogP contribution in [0.5, 0.6) is 0 Å². The second kappa shape index (κ2) is 22.6. The molecular formula is C26H47NO8. The lowest BCUT2D eigenvalue weighted by Gasteiger charge is -2.34. The topological polar surface area (TPSA) is 128 Å². The van der Waals surface area contributed by atoms with Gasteiger partial charge in [-0.05, 0) is 19.3 Å². The number of unbranched alkanes of at least 4 members (excludes halogenated alkanes) is 7. The van der Waals surface area contributed by atoms with E-state index in [1.807, 2.05) is 6.92 Å². The van der Waals surface area contributed by atoms with Gasteiger partial charge in [0, 0.05) is 45.8 Å². The molecule has 0 aliphatic heterocycles. The molecule has 0 aromatic heterocycles. The minimum atomic E-state index is -0.764. The van der Waals surface area contributed by atoms with Crippen LogP contribution in [0.15, 0.2) is 0 Å². The van der Waals surface area contributed by atoms with Crippen LogP contribution in [-0.2, 0) is 33.4 Å². The highest BCUT2D eigenvalue weighted by Crippen LogP contribution is 2.16. The molecule has 35 heavy (non-hydrogen) atoms. The molecule has 0 spiro atoms. The second-order valence-electron chi connectivity index (χ2n) is 9.00. The summed E-state index contributed by atoms with van der Waals surface area (Å²) < 4.78 is 16.7. The summed E-state index contributed by atoms with van der Waals surface area (Å²) in [6.07, 6.45) is 10.8. The van der Waals surface area contributed by atoms with Crippen molar-refractivity contribution in [2.75, 3.05) is 40.1 Å². The summed E-state index contributed by atoms with van der Waals surface area (Å²) in [6.45, 7) is 3.24. The highest BCUT2D eigenvalue weighted by molar-refractivity contribution is 5.78. The lowest BCUT2D eigenvalue weighted by Crippen LogP contribution is -2.56. The van der Waals surface area contributed by atoms with E-state index < -0.39 is 11.5 Å². The van der Waals surface area contributed by atoms with Gasteiger partial charge in [-0.3, -0.25) is 14.4 Å². The quantitative estimate of drug-likeness (QED) is 0.135. The third-order valence-electron chi connectivity index (χ3n) is 5.77. The lowest BCUT2D eigenvalue weighted by molar-refractivity contribution is -0.137. The maximum absolute atomic E-state index is 12.7. The first kappa shape index (κ1) is 33.2. The molecule has 0 saturated heterocycles. The number of amides is 1. The van der Waals surface area contributed by atoms with Gasteiger partial charge in [0.05, 0.1) is 32.0 Å². The molecule has 9 nitrogen and oxygen atoms in total. The maximum Gasteiger partial charge on any atom is 0.303 e. The molecule has 0 aliphatic carbocycles. The molecule has 1 unspecified atom stereocenters. The van der Waals surface area contributed by atoms with Gasteiger partial charge >= 0.3 is 5.97 Å². The highest BCUT2D eigenvalue weighted by atomic mass is 16.5. The predicted molar refractivity (Wildman–Crippen MR) is 133 cm³/mol. The molecule has 204 valence electrons. The van der Waals surface area contributed by atoms with Crippen molar-refractivity contribution in [1.82, 2.24) is 5.32 Å². The SMILES string of the molecule is CCC(=O)CCOCCC(COC)(COCCC=O)NC(=O)CCCCCCCCCCC(=O)O. The van der Waals surface area contributed by atoms with Crippen LogP contribution >= 0.6 is 0 Å². The molecule has 0 aliphatic rings. The molecule has 0 aromatic carbocycles. The van der Waals surface area contributed by atoms with Crippen molar-refractivity contribution in [2.24, 2.45) is 0 Å². The van der Waals surface area contributed by atoms with Crippen LogP contribution in [0.1, 0.15) is 96.8 Å². The van der Waals surface area contributed by atoms with Crippen LogP contribution < -0.4 is 5.32 Å². The number of hydrogen-bond donors (Lipinski definition) is 2. The average Bonchev–Trinajstić information content (AvgIpc) is 2.82. The zero-order valence-corrected chi connectivity index (χ0v) is 21.8. The monoisotopic (exact) mass is 501 g/mol. The Labute approximate surface area is 210 Å². The van der Waals surface area contributed by atoms with Crippen LogP contribution in [0.25, 0.3) is 0 Å². The molecule has 9 heteroatoms. The number of aldehydes is 1. The number of carboxylic acids is 1. The number of methoxy groups -OCH3 is 1. The standard InChI is InChI=1S/C26H47NO8/c1-3-23(29)15-19-34-20-16-26(21-33-2,22-35-18-12-17-28)27-24(30)13-10-8-6-4-5-7-9-11-14-25(31)32/h17H,3-16,18-22H2,1-2H3,(H,27,30)(H,31,32). The third kappa shape index (κ3) is 20.1. The van der Waals surface area contributed by atoms with Crippen molar-refractivity contribution in [3.05, 3.63) is 0 Å². The molecule has 0 rings (SSSR count). The lowest BCUT2D eigenvalue weighted by atomic mass is 9.96. The molecule has 0 aromatic rings. The fraction of sp³-hybridized carbons (Fsp3) is 0.846. The van der Waals surface area contributed by atoms with Gasteiger partial charge in [0.2, 0.25) is 5.91 Å². The molecule has 0 bridgehead atoms. The first-order valence-electron chi connectivity index (χ1n) is 13.0. The van der Waals surface area contributed by atoms with Crippen LogP contribution in [0.3, 0.4) is 0 Å². The second-order valence-corrected chi connectivity index (χ2v) is 9.00. The van der Waals surface area contributed by atoms with Crippen molar-refractivity contribution < 1.29 is 38.5 Å². The summed E-state index contributed by atoms with van der Waals surface area (Å²) in [4.78, 5) is 45.2. The summed E-state index contributed by atoms with van der Waals surface area (Å²) in [5.41, 5.74) is -0.764. The van der Waals surface area contributed by atoms with E-state index in [0.717, 1.165) is 57.7 Å². The maximum atomic E-state index is 12.7. The fourth-order valence-electron chi connectivity index (χ4n) is 3.71. The van der Waals surface area contributed by atoms with Gasteiger partial charge in [0.15, 0.2) is 0 Å². The Morgan fingerprint density at radius 3 is 2.03 bits per heavy atom. The molecule has 0 saturated carbocycles. The van der Waals surface area contributed by atoms with E-state index in [9.17, 15) is 19.2 Å². The van der Waals surface area contributed by atoms with Crippen molar-refractivity contribution in [2.45, 2.75) is 102 Å². The number of hydrogen-bond acceptors (Lipinski definition) is 7.